The molecule has 0 bridgehead atoms. The summed E-state index contributed by atoms with van der Waals surface area (Å²) in [5.41, 5.74) is 2.95. The summed E-state index contributed by atoms with van der Waals surface area (Å²) >= 11 is 9.23. The number of aromatic nitrogens is 2. The second kappa shape index (κ2) is 7.09. The second-order valence-corrected chi connectivity index (χ2v) is 6.29. The Morgan fingerprint density at radius 3 is 3.06 bits per heavy atom. The van der Waals surface area contributed by atoms with E-state index in [1.165, 1.54) is 10.5 Å². The van der Waals surface area contributed by atoms with Gasteiger partial charge in [-0.15, -0.1) is 10.2 Å². The predicted octanol–water partition coefficient (Wildman–Crippen LogP) is 3.84. The van der Waals surface area contributed by atoms with Gasteiger partial charge >= 0.3 is 0 Å². The van der Waals surface area contributed by atoms with Gasteiger partial charge in [-0.05, 0) is 36.7 Å². The van der Waals surface area contributed by atoms with Gasteiger partial charge < -0.3 is 5.32 Å². The zero-order chi connectivity index (χ0) is 12.8. The van der Waals surface area contributed by atoms with Crippen LogP contribution in [0.2, 0.25) is 5.02 Å². The number of benzene rings is 1. The number of halogens is 1. The van der Waals surface area contributed by atoms with Crippen LogP contribution < -0.4 is 5.32 Å². The lowest BCUT2D eigenvalue weighted by atomic mass is 10.2. The normalized spacial score (nSPS) is 10.8. The van der Waals surface area contributed by atoms with E-state index in [4.69, 9.17) is 11.6 Å². The molecule has 0 unspecified atom stereocenters. The van der Waals surface area contributed by atoms with Crippen LogP contribution in [0.15, 0.2) is 32.9 Å². The summed E-state index contributed by atoms with van der Waals surface area (Å²) in [5, 5.41) is 12.1. The van der Waals surface area contributed by atoms with Gasteiger partial charge in [-0.1, -0.05) is 41.6 Å². The molecule has 0 saturated heterocycles. The van der Waals surface area contributed by atoms with Gasteiger partial charge in [-0.2, -0.15) is 0 Å². The fourth-order valence-corrected chi connectivity index (χ4v) is 3.23. The SMILES string of the molecule is CCCNCc1cc(Cl)ccc1Sc1nncs1. The van der Waals surface area contributed by atoms with Gasteiger partial charge in [0.15, 0.2) is 4.34 Å². The monoisotopic (exact) mass is 299 g/mol. The first-order chi connectivity index (χ1) is 8.79. The topological polar surface area (TPSA) is 37.8 Å². The maximum atomic E-state index is 6.05. The van der Waals surface area contributed by atoms with Gasteiger partial charge in [0.05, 0.1) is 0 Å². The molecule has 1 aromatic carbocycles. The zero-order valence-electron chi connectivity index (χ0n) is 10.0. The van der Waals surface area contributed by atoms with Crippen LogP contribution in [0.1, 0.15) is 18.9 Å². The lowest BCUT2D eigenvalue weighted by Gasteiger charge is -2.09. The second-order valence-electron chi connectivity index (χ2n) is 3.74. The quantitative estimate of drug-likeness (QED) is 0.822. The van der Waals surface area contributed by atoms with Crippen LogP contribution in [0.3, 0.4) is 0 Å². The number of hydrogen-bond acceptors (Lipinski definition) is 5. The van der Waals surface area contributed by atoms with Crippen LogP contribution in [0, 0.1) is 0 Å². The lowest BCUT2D eigenvalue weighted by Crippen LogP contribution is -2.14. The summed E-state index contributed by atoms with van der Waals surface area (Å²) < 4.78 is 0.953. The molecule has 18 heavy (non-hydrogen) atoms. The minimum Gasteiger partial charge on any atom is -0.313 e. The van der Waals surface area contributed by atoms with E-state index in [-0.39, 0.29) is 0 Å². The molecule has 0 aliphatic rings. The highest BCUT2D eigenvalue weighted by atomic mass is 35.5. The van der Waals surface area contributed by atoms with Crippen molar-refractivity contribution in [3.63, 3.8) is 0 Å². The van der Waals surface area contributed by atoms with Crippen molar-refractivity contribution in [2.45, 2.75) is 29.1 Å². The van der Waals surface area contributed by atoms with Gasteiger partial charge in [-0.25, -0.2) is 0 Å². The molecule has 0 saturated carbocycles. The fraction of sp³-hybridized carbons (Fsp3) is 0.333. The Bertz CT molecular complexity index is 488. The molecule has 1 aromatic heterocycles. The summed E-state index contributed by atoms with van der Waals surface area (Å²) in [6.07, 6.45) is 1.12. The van der Waals surface area contributed by atoms with E-state index in [0.29, 0.717) is 0 Å². The molecule has 96 valence electrons. The maximum Gasteiger partial charge on any atom is 0.178 e. The third-order valence-electron chi connectivity index (χ3n) is 2.30. The molecule has 0 amide bonds. The largest absolute Gasteiger partial charge is 0.313 e. The van der Waals surface area contributed by atoms with Crippen molar-refractivity contribution < 1.29 is 0 Å². The van der Waals surface area contributed by atoms with Crippen LogP contribution in [0.4, 0.5) is 0 Å². The van der Waals surface area contributed by atoms with Crippen molar-refractivity contribution in [1.82, 2.24) is 15.5 Å². The van der Waals surface area contributed by atoms with E-state index in [9.17, 15) is 0 Å². The van der Waals surface area contributed by atoms with E-state index >= 15 is 0 Å². The Hall–Kier alpha value is -0.620. The zero-order valence-corrected chi connectivity index (χ0v) is 12.4. The molecule has 3 nitrogen and oxygen atoms in total. The molecule has 0 fully saturated rings. The Morgan fingerprint density at radius 1 is 1.44 bits per heavy atom. The maximum absolute atomic E-state index is 6.05. The smallest absolute Gasteiger partial charge is 0.178 e. The summed E-state index contributed by atoms with van der Waals surface area (Å²) in [7, 11) is 0. The van der Waals surface area contributed by atoms with Crippen LogP contribution in [-0.2, 0) is 6.54 Å². The highest BCUT2D eigenvalue weighted by Gasteiger charge is 2.07. The average molecular weight is 300 g/mol. The van der Waals surface area contributed by atoms with Gasteiger partial charge in [0, 0.05) is 16.5 Å². The number of rotatable bonds is 6. The average Bonchev–Trinajstić information content (AvgIpc) is 2.86. The standard InChI is InChI=1S/C12H14ClN3S2/c1-2-5-14-7-9-6-10(13)3-4-11(9)18-12-16-15-8-17-12/h3-4,6,8,14H,2,5,7H2,1H3. The summed E-state index contributed by atoms with van der Waals surface area (Å²) in [6.45, 7) is 3.99. The molecular weight excluding hydrogens is 286 g/mol. The molecule has 1 heterocycles. The summed E-state index contributed by atoms with van der Waals surface area (Å²) in [6, 6.07) is 5.96. The Morgan fingerprint density at radius 2 is 2.33 bits per heavy atom. The molecule has 0 aliphatic heterocycles. The first-order valence-corrected chi connectivity index (χ1v) is 7.80. The van der Waals surface area contributed by atoms with Gasteiger partial charge in [0.25, 0.3) is 0 Å². The van der Waals surface area contributed by atoms with E-state index in [2.05, 4.69) is 22.4 Å². The molecule has 0 aliphatic carbocycles. The Balaban J connectivity index is 2.12. The third kappa shape index (κ3) is 3.95. The third-order valence-corrected chi connectivity index (χ3v) is 4.43. The predicted molar refractivity (Wildman–Crippen MR) is 77.5 cm³/mol. The number of hydrogen-bond donors (Lipinski definition) is 1. The lowest BCUT2D eigenvalue weighted by molar-refractivity contribution is 0.669. The molecular formula is C12H14ClN3S2. The fourth-order valence-electron chi connectivity index (χ4n) is 1.49. The molecule has 1 N–H and O–H groups in total. The van der Waals surface area contributed by atoms with Crippen molar-refractivity contribution in [3.05, 3.63) is 34.3 Å². The molecule has 2 aromatic rings. The molecule has 0 radical (unpaired) electrons. The summed E-state index contributed by atoms with van der Waals surface area (Å²) in [4.78, 5) is 1.18. The molecule has 0 spiro atoms. The van der Waals surface area contributed by atoms with E-state index in [1.54, 1.807) is 28.6 Å². The molecule has 2 rings (SSSR count). The van der Waals surface area contributed by atoms with Gasteiger partial charge in [0.2, 0.25) is 0 Å². The van der Waals surface area contributed by atoms with E-state index in [0.717, 1.165) is 28.9 Å². The van der Waals surface area contributed by atoms with Crippen LogP contribution in [0.25, 0.3) is 0 Å². The van der Waals surface area contributed by atoms with Crippen LogP contribution in [0.5, 0.6) is 0 Å². The first-order valence-electron chi connectivity index (χ1n) is 5.72. The van der Waals surface area contributed by atoms with E-state index < -0.39 is 0 Å². The van der Waals surface area contributed by atoms with E-state index in [1.807, 2.05) is 18.2 Å². The Labute approximate surface area is 120 Å². The highest BCUT2D eigenvalue weighted by Crippen LogP contribution is 2.32. The molecule has 0 atom stereocenters. The molecule has 6 heteroatoms. The number of nitrogens with zero attached hydrogens (tertiary/aromatic N) is 2. The van der Waals surface area contributed by atoms with Crippen LogP contribution in [-0.4, -0.2) is 16.7 Å². The van der Waals surface area contributed by atoms with Gasteiger partial charge in [0.1, 0.15) is 5.51 Å². The van der Waals surface area contributed by atoms with Crippen LogP contribution >= 0.6 is 34.7 Å². The van der Waals surface area contributed by atoms with Crippen molar-refractivity contribution in [3.8, 4) is 0 Å². The highest BCUT2D eigenvalue weighted by molar-refractivity contribution is 8.01. The van der Waals surface area contributed by atoms with Crippen molar-refractivity contribution in [2.75, 3.05) is 6.54 Å². The minimum atomic E-state index is 0.768. The minimum absolute atomic E-state index is 0.768. The van der Waals surface area contributed by atoms with Gasteiger partial charge in [-0.3, -0.25) is 0 Å². The van der Waals surface area contributed by atoms with Crippen molar-refractivity contribution in [1.29, 1.82) is 0 Å². The first kappa shape index (κ1) is 13.8. The Kier molecular flexibility index (Phi) is 5.44. The van der Waals surface area contributed by atoms with Crippen molar-refractivity contribution in [2.24, 2.45) is 0 Å². The summed E-state index contributed by atoms with van der Waals surface area (Å²) in [5.74, 6) is 0. The van der Waals surface area contributed by atoms with Crippen molar-refractivity contribution >= 4 is 34.7 Å². The number of nitrogens with one attached hydrogen (secondary N) is 1.